The molecule has 0 bridgehead atoms. The molecule has 0 amide bonds. The van der Waals surface area contributed by atoms with Gasteiger partial charge in [0.05, 0.1) is 10.7 Å². The van der Waals surface area contributed by atoms with Crippen LogP contribution in [0, 0.1) is 0 Å². The van der Waals surface area contributed by atoms with Crippen molar-refractivity contribution >= 4 is 11.3 Å². The summed E-state index contributed by atoms with van der Waals surface area (Å²) in [4.78, 5) is 4.47. The zero-order chi connectivity index (χ0) is 13.7. The van der Waals surface area contributed by atoms with Gasteiger partial charge in [-0.1, -0.05) is 12.1 Å². The van der Waals surface area contributed by atoms with Gasteiger partial charge in [0.25, 0.3) is 0 Å². The molecule has 0 saturated carbocycles. The first kappa shape index (κ1) is 13.9. The molecule has 0 spiro atoms. The van der Waals surface area contributed by atoms with Crippen LogP contribution in [-0.4, -0.2) is 25.2 Å². The lowest BCUT2D eigenvalue weighted by molar-refractivity contribution is -0.0498. The summed E-state index contributed by atoms with van der Waals surface area (Å²) in [6, 6.07) is 6.59. The lowest BCUT2D eigenvalue weighted by Gasteiger charge is -2.05. The number of halogens is 2. The number of likely N-dealkylation sites (N-methyl/N-ethyl adjacent to an activating group) is 1. The van der Waals surface area contributed by atoms with Crippen LogP contribution in [0.5, 0.6) is 5.75 Å². The number of hydrogen-bond donors (Lipinski definition) is 1. The molecular weight excluding hydrogens is 270 g/mol. The van der Waals surface area contributed by atoms with Crippen molar-refractivity contribution in [2.24, 2.45) is 0 Å². The lowest BCUT2D eigenvalue weighted by atomic mass is 10.2. The van der Waals surface area contributed by atoms with Crippen molar-refractivity contribution in [3.8, 4) is 17.0 Å². The SMILES string of the molecule is CNCCc1nc(-c2cccc(OC(F)F)c2)cs1. The van der Waals surface area contributed by atoms with Crippen LogP contribution < -0.4 is 10.1 Å². The van der Waals surface area contributed by atoms with E-state index in [4.69, 9.17) is 0 Å². The highest BCUT2D eigenvalue weighted by atomic mass is 32.1. The predicted molar refractivity (Wildman–Crippen MR) is 71.8 cm³/mol. The Morgan fingerprint density at radius 3 is 3.00 bits per heavy atom. The summed E-state index contributed by atoms with van der Waals surface area (Å²) < 4.78 is 28.7. The van der Waals surface area contributed by atoms with Crippen molar-refractivity contribution in [3.63, 3.8) is 0 Å². The van der Waals surface area contributed by atoms with Crippen molar-refractivity contribution in [1.82, 2.24) is 10.3 Å². The minimum Gasteiger partial charge on any atom is -0.435 e. The molecule has 3 nitrogen and oxygen atoms in total. The maximum Gasteiger partial charge on any atom is 0.387 e. The van der Waals surface area contributed by atoms with Crippen LogP contribution in [-0.2, 0) is 6.42 Å². The number of ether oxygens (including phenoxy) is 1. The number of benzene rings is 1. The minimum absolute atomic E-state index is 0.150. The summed E-state index contributed by atoms with van der Waals surface area (Å²) in [6.45, 7) is -1.95. The van der Waals surface area contributed by atoms with Gasteiger partial charge in [-0.15, -0.1) is 11.3 Å². The van der Waals surface area contributed by atoms with E-state index < -0.39 is 6.61 Å². The standard InChI is InChI=1S/C13H14F2N2OS/c1-16-6-5-12-17-11(8-19-12)9-3-2-4-10(7-9)18-13(14)15/h2-4,7-8,13,16H,5-6H2,1H3. The summed E-state index contributed by atoms with van der Waals surface area (Å²) in [5.41, 5.74) is 1.57. The smallest absolute Gasteiger partial charge is 0.387 e. The van der Waals surface area contributed by atoms with E-state index >= 15 is 0 Å². The molecule has 0 aliphatic rings. The first-order valence-corrected chi connectivity index (χ1v) is 6.71. The normalized spacial score (nSPS) is 10.9. The van der Waals surface area contributed by atoms with Gasteiger partial charge in [-0.3, -0.25) is 0 Å². The molecule has 1 heterocycles. The van der Waals surface area contributed by atoms with Gasteiger partial charge < -0.3 is 10.1 Å². The average molecular weight is 284 g/mol. The molecule has 0 fully saturated rings. The Hall–Kier alpha value is -1.53. The molecule has 2 aromatic rings. The van der Waals surface area contributed by atoms with Gasteiger partial charge >= 0.3 is 6.61 Å². The quantitative estimate of drug-likeness (QED) is 0.884. The van der Waals surface area contributed by atoms with Crippen LogP contribution in [0.1, 0.15) is 5.01 Å². The Bertz CT molecular complexity index is 531. The van der Waals surface area contributed by atoms with Crippen LogP contribution >= 0.6 is 11.3 Å². The average Bonchev–Trinajstić information content (AvgIpc) is 2.84. The number of rotatable bonds is 6. The minimum atomic E-state index is -2.81. The molecule has 0 aliphatic heterocycles. The van der Waals surface area contributed by atoms with Gasteiger partial charge in [-0.05, 0) is 19.2 Å². The number of hydrogen-bond acceptors (Lipinski definition) is 4. The van der Waals surface area contributed by atoms with E-state index in [9.17, 15) is 8.78 Å². The molecule has 0 saturated heterocycles. The Balaban J connectivity index is 2.14. The lowest BCUT2D eigenvalue weighted by Crippen LogP contribution is -2.09. The second kappa shape index (κ2) is 6.58. The maximum atomic E-state index is 12.2. The molecular formula is C13H14F2N2OS. The van der Waals surface area contributed by atoms with E-state index in [0.717, 1.165) is 29.2 Å². The second-order valence-electron chi connectivity index (χ2n) is 3.89. The zero-order valence-corrected chi connectivity index (χ0v) is 11.2. The fourth-order valence-electron chi connectivity index (χ4n) is 1.62. The molecule has 102 valence electrons. The molecule has 19 heavy (non-hydrogen) atoms. The molecule has 1 aromatic carbocycles. The highest BCUT2D eigenvalue weighted by Gasteiger charge is 2.08. The van der Waals surface area contributed by atoms with Gasteiger partial charge in [0.1, 0.15) is 5.75 Å². The molecule has 0 atom stereocenters. The Kier molecular flexibility index (Phi) is 4.81. The van der Waals surface area contributed by atoms with Crippen LogP contribution in [0.15, 0.2) is 29.6 Å². The summed E-state index contributed by atoms with van der Waals surface area (Å²) in [5.74, 6) is 0.150. The molecule has 1 aromatic heterocycles. The first-order valence-electron chi connectivity index (χ1n) is 5.83. The van der Waals surface area contributed by atoms with E-state index in [2.05, 4.69) is 15.0 Å². The zero-order valence-electron chi connectivity index (χ0n) is 10.4. The largest absolute Gasteiger partial charge is 0.435 e. The fraction of sp³-hybridized carbons (Fsp3) is 0.308. The van der Waals surface area contributed by atoms with E-state index in [1.807, 2.05) is 18.5 Å². The molecule has 0 aliphatic carbocycles. The second-order valence-corrected chi connectivity index (χ2v) is 4.83. The van der Waals surface area contributed by atoms with Gasteiger partial charge in [-0.2, -0.15) is 8.78 Å². The van der Waals surface area contributed by atoms with Crippen LogP contribution in [0.25, 0.3) is 11.3 Å². The van der Waals surface area contributed by atoms with E-state index in [0.29, 0.717) is 0 Å². The molecule has 1 N–H and O–H groups in total. The number of nitrogens with one attached hydrogen (secondary N) is 1. The van der Waals surface area contributed by atoms with Crippen molar-refractivity contribution in [1.29, 1.82) is 0 Å². The van der Waals surface area contributed by atoms with Crippen molar-refractivity contribution in [2.45, 2.75) is 13.0 Å². The topological polar surface area (TPSA) is 34.2 Å². The highest BCUT2D eigenvalue weighted by molar-refractivity contribution is 7.09. The molecule has 0 unspecified atom stereocenters. The van der Waals surface area contributed by atoms with Crippen molar-refractivity contribution in [3.05, 3.63) is 34.7 Å². The van der Waals surface area contributed by atoms with Crippen LogP contribution in [0.2, 0.25) is 0 Å². The third-order valence-corrected chi connectivity index (χ3v) is 3.40. The van der Waals surface area contributed by atoms with Gasteiger partial charge in [0.2, 0.25) is 0 Å². The molecule has 0 radical (unpaired) electrons. The van der Waals surface area contributed by atoms with Crippen LogP contribution in [0.3, 0.4) is 0 Å². The fourth-order valence-corrected chi connectivity index (χ4v) is 2.43. The number of nitrogens with zero attached hydrogens (tertiary/aromatic N) is 1. The first-order chi connectivity index (χ1) is 9.19. The van der Waals surface area contributed by atoms with Crippen molar-refractivity contribution < 1.29 is 13.5 Å². The summed E-state index contributed by atoms with van der Waals surface area (Å²) >= 11 is 1.56. The Morgan fingerprint density at radius 1 is 1.42 bits per heavy atom. The number of aromatic nitrogens is 1. The Morgan fingerprint density at radius 2 is 2.26 bits per heavy atom. The number of alkyl halides is 2. The third kappa shape index (κ3) is 3.97. The highest BCUT2D eigenvalue weighted by Crippen LogP contribution is 2.26. The van der Waals surface area contributed by atoms with Crippen molar-refractivity contribution in [2.75, 3.05) is 13.6 Å². The van der Waals surface area contributed by atoms with Gasteiger partial charge in [0, 0.05) is 23.9 Å². The van der Waals surface area contributed by atoms with Gasteiger partial charge in [0.15, 0.2) is 0 Å². The van der Waals surface area contributed by atoms with E-state index in [1.54, 1.807) is 23.5 Å². The summed E-state index contributed by atoms with van der Waals surface area (Å²) in [5, 5.41) is 6.00. The third-order valence-electron chi connectivity index (χ3n) is 2.50. The monoisotopic (exact) mass is 284 g/mol. The molecule has 2 rings (SSSR count). The molecule has 6 heteroatoms. The summed E-state index contributed by atoms with van der Waals surface area (Å²) in [7, 11) is 1.89. The predicted octanol–water partition coefficient (Wildman–Crippen LogP) is 3.17. The Labute approximate surface area is 114 Å². The van der Waals surface area contributed by atoms with E-state index in [-0.39, 0.29) is 5.75 Å². The van der Waals surface area contributed by atoms with Gasteiger partial charge in [-0.25, -0.2) is 4.98 Å². The summed E-state index contributed by atoms with van der Waals surface area (Å²) in [6.07, 6.45) is 0.856. The number of thiazole rings is 1. The van der Waals surface area contributed by atoms with E-state index in [1.165, 1.54) is 6.07 Å². The maximum absolute atomic E-state index is 12.2. The van der Waals surface area contributed by atoms with Crippen LogP contribution in [0.4, 0.5) is 8.78 Å².